The summed E-state index contributed by atoms with van der Waals surface area (Å²) in [5.41, 5.74) is 1.85. The zero-order valence-electron chi connectivity index (χ0n) is 31.0. The fourth-order valence-electron chi connectivity index (χ4n) is 7.74. The summed E-state index contributed by atoms with van der Waals surface area (Å²) < 4.78 is 11.2. The number of para-hydroxylation sites is 1. The molecular formula is C44H49N3O6. The minimum atomic E-state index is -1.15. The van der Waals surface area contributed by atoms with E-state index >= 15 is 0 Å². The number of esters is 1. The van der Waals surface area contributed by atoms with Gasteiger partial charge in [-0.1, -0.05) is 97.1 Å². The van der Waals surface area contributed by atoms with Crippen LogP contribution in [0.5, 0.6) is 5.75 Å². The van der Waals surface area contributed by atoms with Crippen molar-refractivity contribution >= 4 is 23.7 Å². The summed E-state index contributed by atoms with van der Waals surface area (Å²) in [5.74, 6) is -0.906. The van der Waals surface area contributed by atoms with E-state index in [1.165, 1.54) is 0 Å². The van der Waals surface area contributed by atoms with Crippen LogP contribution in [0.2, 0.25) is 0 Å². The molecule has 1 saturated heterocycles. The van der Waals surface area contributed by atoms with Gasteiger partial charge in [-0.05, 0) is 80.8 Å². The zero-order valence-corrected chi connectivity index (χ0v) is 31.0. The molecule has 1 aliphatic carbocycles. The summed E-state index contributed by atoms with van der Waals surface area (Å²) in [6.07, 6.45) is 2.34. The summed E-state index contributed by atoms with van der Waals surface area (Å²) in [7, 11) is 1.54. The Bertz CT molecular complexity index is 1920. The van der Waals surface area contributed by atoms with Gasteiger partial charge in [-0.2, -0.15) is 0 Å². The number of likely N-dealkylation sites (tertiary alicyclic amines) is 1. The third kappa shape index (κ3) is 8.30. The molecule has 0 bridgehead atoms. The first-order chi connectivity index (χ1) is 25.5. The molecule has 276 valence electrons. The molecule has 9 heteroatoms. The predicted octanol–water partition coefficient (Wildman–Crippen LogP) is 6.35. The quantitative estimate of drug-likeness (QED) is 0.185. The first kappa shape index (κ1) is 37.3. The number of fused-ring (bicyclic) bond motifs is 1. The van der Waals surface area contributed by atoms with Crippen molar-refractivity contribution in [3.63, 3.8) is 0 Å². The maximum Gasteiger partial charge on any atom is 0.329 e. The van der Waals surface area contributed by atoms with Gasteiger partial charge in [0.15, 0.2) is 0 Å². The number of carbonyl (C=O) groups excluding carboxylic acids is 4. The van der Waals surface area contributed by atoms with Crippen molar-refractivity contribution in [2.45, 2.75) is 81.9 Å². The highest BCUT2D eigenvalue weighted by Gasteiger charge is 2.50. The van der Waals surface area contributed by atoms with Gasteiger partial charge < -0.3 is 25.0 Å². The molecule has 1 aliphatic heterocycles. The van der Waals surface area contributed by atoms with Gasteiger partial charge in [0.05, 0.1) is 24.0 Å². The maximum atomic E-state index is 14.9. The van der Waals surface area contributed by atoms with Crippen LogP contribution in [0.4, 0.5) is 0 Å². The molecule has 0 radical (unpaired) electrons. The van der Waals surface area contributed by atoms with Crippen LogP contribution in [-0.2, 0) is 31.0 Å². The molecule has 3 atom stereocenters. The second-order valence-electron chi connectivity index (χ2n) is 15.0. The number of ether oxygens (including phenoxy) is 2. The maximum absolute atomic E-state index is 14.9. The van der Waals surface area contributed by atoms with Gasteiger partial charge in [-0.15, -0.1) is 0 Å². The van der Waals surface area contributed by atoms with Crippen LogP contribution in [0.25, 0.3) is 0 Å². The van der Waals surface area contributed by atoms with E-state index in [2.05, 4.69) is 10.6 Å². The zero-order chi connectivity index (χ0) is 37.6. The lowest BCUT2D eigenvalue weighted by Crippen LogP contribution is -2.55. The third-order valence-electron chi connectivity index (χ3n) is 10.3. The summed E-state index contributed by atoms with van der Waals surface area (Å²) in [4.78, 5) is 57.9. The van der Waals surface area contributed by atoms with Crippen molar-refractivity contribution in [2.75, 3.05) is 20.2 Å². The number of hydrogen-bond acceptors (Lipinski definition) is 6. The number of nitrogens with zero attached hydrogens (tertiary/aromatic N) is 1. The Hall–Kier alpha value is -5.44. The predicted molar refractivity (Wildman–Crippen MR) is 204 cm³/mol. The van der Waals surface area contributed by atoms with Crippen LogP contribution in [-0.4, -0.2) is 66.5 Å². The average molecular weight is 716 g/mol. The Balaban J connectivity index is 1.24. The number of rotatable bonds is 10. The lowest BCUT2D eigenvalue weighted by Gasteiger charge is -2.43. The first-order valence-electron chi connectivity index (χ1n) is 18.5. The van der Waals surface area contributed by atoms with E-state index in [9.17, 15) is 19.2 Å². The fraction of sp³-hybridized carbons (Fsp3) is 0.364. The lowest BCUT2D eigenvalue weighted by atomic mass is 9.62. The second kappa shape index (κ2) is 16.1. The molecule has 0 saturated carbocycles. The lowest BCUT2D eigenvalue weighted by molar-refractivity contribution is -0.159. The summed E-state index contributed by atoms with van der Waals surface area (Å²) in [6.45, 7) is 6.46. The molecule has 3 amide bonds. The molecule has 1 fully saturated rings. The third-order valence-corrected chi connectivity index (χ3v) is 10.3. The van der Waals surface area contributed by atoms with Crippen molar-refractivity contribution in [1.29, 1.82) is 0 Å². The van der Waals surface area contributed by atoms with Gasteiger partial charge in [0, 0.05) is 25.6 Å². The number of nitrogens with one attached hydrogen (secondary N) is 2. The van der Waals surface area contributed by atoms with E-state index < -0.39 is 28.9 Å². The van der Waals surface area contributed by atoms with E-state index in [1.54, 1.807) is 25.3 Å². The molecule has 4 aromatic carbocycles. The summed E-state index contributed by atoms with van der Waals surface area (Å²) in [6, 6.07) is 33.1. The molecule has 1 heterocycles. The average Bonchev–Trinajstić information content (AvgIpc) is 3.17. The minimum Gasteiger partial charge on any atom is -0.496 e. The Labute approximate surface area is 312 Å². The molecular weight excluding hydrogens is 666 g/mol. The van der Waals surface area contributed by atoms with Crippen LogP contribution in [0.1, 0.15) is 85.0 Å². The van der Waals surface area contributed by atoms with E-state index in [-0.39, 0.29) is 30.2 Å². The SMILES string of the molecule is COc1ccccc1C(=O)NC1CCN(C(=O)[C@H]2CC[C@@](C(=O)N[C@@H](Cc3ccccc3)C(=O)OC(C)(C)C)(c3ccccc3)c3ccccc32)CC1. The van der Waals surface area contributed by atoms with Gasteiger partial charge in [0.1, 0.15) is 17.4 Å². The highest BCUT2D eigenvalue weighted by molar-refractivity contribution is 5.98. The van der Waals surface area contributed by atoms with Gasteiger partial charge >= 0.3 is 5.97 Å². The smallest absolute Gasteiger partial charge is 0.329 e. The fourth-order valence-corrected chi connectivity index (χ4v) is 7.74. The van der Waals surface area contributed by atoms with Gasteiger partial charge in [0.25, 0.3) is 5.91 Å². The van der Waals surface area contributed by atoms with Crippen LogP contribution >= 0.6 is 0 Å². The largest absolute Gasteiger partial charge is 0.496 e. The second-order valence-corrected chi connectivity index (χ2v) is 15.0. The molecule has 9 nitrogen and oxygen atoms in total. The van der Waals surface area contributed by atoms with Crippen molar-refractivity contribution < 1.29 is 28.7 Å². The first-order valence-corrected chi connectivity index (χ1v) is 18.5. The molecule has 6 rings (SSSR count). The molecule has 0 aromatic heterocycles. The monoisotopic (exact) mass is 715 g/mol. The Morgan fingerprint density at radius 1 is 0.811 bits per heavy atom. The number of piperidine rings is 1. The topological polar surface area (TPSA) is 114 Å². The van der Waals surface area contributed by atoms with Crippen molar-refractivity contribution in [1.82, 2.24) is 15.5 Å². The number of benzene rings is 4. The van der Waals surface area contributed by atoms with Crippen molar-refractivity contribution in [3.05, 3.63) is 137 Å². The summed E-state index contributed by atoms with van der Waals surface area (Å²) in [5, 5.41) is 6.26. The number of carbonyl (C=O) groups is 4. The van der Waals surface area contributed by atoms with Gasteiger partial charge in [-0.25, -0.2) is 4.79 Å². The normalized spacial score (nSPS) is 19.3. The van der Waals surface area contributed by atoms with E-state index in [0.29, 0.717) is 50.1 Å². The molecule has 4 aromatic rings. The van der Waals surface area contributed by atoms with Crippen LogP contribution < -0.4 is 15.4 Å². The van der Waals surface area contributed by atoms with E-state index in [4.69, 9.17) is 9.47 Å². The van der Waals surface area contributed by atoms with Crippen LogP contribution in [0, 0.1) is 0 Å². The minimum absolute atomic E-state index is 0.0183. The molecule has 0 unspecified atom stereocenters. The Kier molecular flexibility index (Phi) is 11.3. The highest BCUT2D eigenvalue weighted by Crippen LogP contribution is 2.48. The van der Waals surface area contributed by atoms with Crippen molar-refractivity contribution in [3.8, 4) is 5.75 Å². The number of amides is 3. The number of methoxy groups -OCH3 is 1. The Morgan fingerprint density at radius 2 is 1.43 bits per heavy atom. The van der Waals surface area contributed by atoms with E-state index in [1.807, 2.05) is 117 Å². The molecule has 53 heavy (non-hydrogen) atoms. The molecule has 0 spiro atoms. The summed E-state index contributed by atoms with van der Waals surface area (Å²) >= 11 is 0. The van der Waals surface area contributed by atoms with Crippen LogP contribution in [0.3, 0.4) is 0 Å². The van der Waals surface area contributed by atoms with Crippen LogP contribution in [0.15, 0.2) is 109 Å². The molecule has 2 aliphatic rings. The number of hydrogen-bond donors (Lipinski definition) is 2. The molecule has 2 N–H and O–H groups in total. The Morgan fingerprint density at radius 3 is 2.11 bits per heavy atom. The van der Waals surface area contributed by atoms with Gasteiger partial charge in [-0.3, -0.25) is 14.4 Å². The highest BCUT2D eigenvalue weighted by atomic mass is 16.6. The van der Waals surface area contributed by atoms with Crippen molar-refractivity contribution in [2.24, 2.45) is 0 Å². The van der Waals surface area contributed by atoms with E-state index in [0.717, 1.165) is 22.3 Å². The van der Waals surface area contributed by atoms with Gasteiger partial charge in [0.2, 0.25) is 11.8 Å². The standard InChI is InChI=1S/C44H49N3O6/c1-43(2,3)53-41(50)37(29-30-15-7-5-8-16-30)46-42(51)44(31-17-9-6-10-18-31)26-23-34(33-19-11-13-21-36(33)44)40(49)47-27-24-32(25-28-47)45-39(48)35-20-12-14-22-38(35)52-4/h5-22,32,34,37H,23-29H2,1-4H3,(H,45,48)(H,46,51)/t34-,37-,44+/m0/s1.